The van der Waals surface area contributed by atoms with Gasteiger partial charge < -0.3 is 14.8 Å². The number of aromatic nitrogens is 2. The van der Waals surface area contributed by atoms with Gasteiger partial charge in [-0.1, -0.05) is 37.3 Å². The van der Waals surface area contributed by atoms with Crippen LogP contribution in [0.25, 0.3) is 11.3 Å². The first kappa shape index (κ1) is 22.6. The van der Waals surface area contributed by atoms with Crippen LogP contribution in [0.2, 0.25) is 0 Å². The number of anilines is 1. The van der Waals surface area contributed by atoms with Crippen LogP contribution in [-0.4, -0.2) is 29.9 Å². The number of ether oxygens (including phenoxy) is 2. The van der Waals surface area contributed by atoms with Gasteiger partial charge in [0.05, 0.1) is 25.6 Å². The molecule has 1 N–H and O–H groups in total. The fourth-order valence-corrected chi connectivity index (χ4v) is 4.38. The fraction of sp³-hybridized carbons (Fsp3) is 0.346. The van der Waals surface area contributed by atoms with Gasteiger partial charge in [0.15, 0.2) is 0 Å². The van der Waals surface area contributed by atoms with Crippen LogP contribution in [-0.2, 0) is 17.6 Å². The number of nitrogens with one attached hydrogen (secondary N) is 1. The number of hydrogen-bond acceptors (Lipinski definition) is 5. The van der Waals surface area contributed by atoms with E-state index in [1.165, 1.54) is 11.8 Å². The molecule has 1 aliphatic rings. The van der Waals surface area contributed by atoms with Crippen LogP contribution in [0, 0.1) is 0 Å². The first-order valence-corrected chi connectivity index (χ1v) is 11.3. The van der Waals surface area contributed by atoms with Gasteiger partial charge in [-0.25, -0.2) is 4.68 Å². The molecule has 1 aromatic heterocycles. The number of methoxy groups -OCH3 is 2. The first-order chi connectivity index (χ1) is 16.1. The Morgan fingerprint density at radius 1 is 1.06 bits per heavy atom. The van der Waals surface area contributed by atoms with Gasteiger partial charge in [-0.15, -0.1) is 0 Å². The smallest absolute Gasteiger partial charge is 0.271 e. The topological polar surface area (TPSA) is 82.4 Å². The zero-order valence-electron chi connectivity index (χ0n) is 19.3. The molecule has 2 aromatic carbocycles. The van der Waals surface area contributed by atoms with Gasteiger partial charge in [-0.05, 0) is 49.8 Å². The van der Waals surface area contributed by atoms with Crippen LogP contribution >= 0.6 is 0 Å². The zero-order chi connectivity index (χ0) is 23.4. The van der Waals surface area contributed by atoms with Crippen molar-refractivity contribution in [3.05, 3.63) is 70.0 Å². The highest BCUT2D eigenvalue weighted by Crippen LogP contribution is 2.31. The minimum Gasteiger partial charge on any atom is -0.497 e. The highest BCUT2D eigenvalue weighted by molar-refractivity contribution is 5.95. The molecule has 7 nitrogen and oxygen atoms in total. The van der Waals surface area contributed by atoms with E-state index in [-0.39, 0.29) is 11.5 Å². The summed E-state index contributed by atoms with van der Waals surface area (Å²) in [5.41, 5.74) is 3.88. The van der Waals surface area contributed by atoms with Crippen molar-refractivity contribution >= 4 is 11.6 Å². The molecule has 3 aromatic rings. The van der Waals surface area contributed by atoms with E-state index >= 15 is 0 Å². The Hall–Kier alpha value is -3.61. The standard InChI is InChI=1S/C26H29N3O4/c1-4-22(25(30)27-21-15-14-18(32-2)16-23(21)33-3)29-26(31)20-13-9-8-12-19(20)24(28-29)17-10-6-5-7-11-17/h5-7,10-11,14-16,22H,4,8-9,12-13H2,1-3H3,(H,27,30)/t22-/m1/s1. The van der Waals surface area contributed by atoms with E-state index in [0.29, 0.717) is 30.0 Å². The largest absolute Gasteiger partial charge is 0.497 e. The second kappa shape index (κ2) is 9.90. The Morgan fingerprint density at radius 3 is 2.45 bits per heavy atom. The molecule has 7 heteroatoms. The van der Waals surface area contributed by atoms with Crippen molar-refractivity contribution in [3.8, 4) is 22.8 Å². The van der Waals surface area contributed by atoms with Crippen molar-refractivity contribution < 1.29 is 14.3 Å². The van der Waals surface area contributed by atoms with Crippen LogP contribution in [0.4, 0.5) is 5.69 Å². The Labute approximate surface area is 193 Å². The maximum Gasteiger partial charge on any atom is 0.271 e. The van der Waals surface area contributed by atoms with Gasteiger partial charge in [0.2, 0.25) is 5.91 Å². The van der Waals surface area contributed by atoms with E-state index in [0.717, 1.165) is 41.6 Å². The molecule has 33 heavy (non-hydrogen) atoms. The Balaban J connectivity index is 1.75. The van der Waals surface area contributed by atoms with Crippen molar-refractivity contribution in [3.63, 3.8) is 0 Å². The van der Waals surface area contributed by atoms with E-state index < -0.39 is 6.04 Å². The van der Waals surface area contributed by atoms with Gasteiger partial charge >= 0.3 is 0 Å². The molecule has 1 aliphatic carbocycles. The van der Waals surface area contributed by atoms with Crippen molar-refractivity contribution in [2.24, 2.45) is 0 Å². The first-order valence-electron chi connectivity index (χ1n) is 11.3. The van der Waals surface area contributed by atoms with Crippen molar-refractivity contribution in [2.45, 2.75) is 45.1 Å². The summed E-state index contributed by atoms with van der Waals surface area (Å²) in [4.78, 5) is 26.8. The number of carbonyl (C=O) groups is 1. The second-order valence-electron chi connectivity index (χ2n) is 8.11. The van der Waals surface area contributed by atoms with Crippen molar-refractivity contribution in [1.29, 1.82) is 0 Å². The molecule has 0 fully saturated rings. The van der Waals surface area contributed by atoms with Crippen molar-refractivity contribution in [2.75, 3.05) is 19.5 Å². The van der Waals surface area contributed by atoms with Gasteiger partial charge in [-0.2, -0.15) is 5.10 Å². The van der Waals surface area contributed by atoms with Crippen LogP contribution in [0.15, 0.2) is 53.3 Å². The average molecular weight is 448 g/mol. The van der Waals surface area contributed by atoms with Crippen LogP contribution < -0.4 is 20.3 Å². The molecule has 1 amide bonds. The average Bonchev–Trinajstić information content (AvgIpc) is 2.86. The molecule has 0 unspecified atom stereocenters. The SMILES string of the molecule is CC[C@H](C(=O)Nc1ccc(OC)cc1OC)n1nc(-c2ccccc2)c2c(c1=O)CCCC2. The lowest BCUT2D eigenvalue weighted by Gasteiger charge is -2.24. The fourth-order valence-electron chi connectivity index (χ4n) is 4.38. The predicted octanol–water partition coefficient (Wildman–Crippen LogP) is 4.40. The third-order valence-corrected chi connectivity index (χ3v) is 6.13. The Kier molecular flexibility index (Phi) is 6.77. The third-order valence-electron chi connectivity index (χ3n) is 6.13. The molecule has 4 rings (SSSR count). The zero-order valence-corrected chi connectivity index (χ0v) is 19.3. The van der Waals surface area contributed by atoms with Crippen LogP contribution in [0.1, 0.15) is 43.4 Å². The summed E-state index contributed by atoms with van der Waals surface area (Å²) in [6.07, 6.45) is 3.96. The lowest BCUT2D eigenvalue weighted by atomic mass is 9.89. The normalized spacial score (nSPS) is 13.7. The summed E-state index contributed by atoms with van der Waals surface area (Å²) in [5.74, 6) is 0.788. The summed E-state index contributed by atoms with van der Waals surface area (Å²) >= 11 is 0. The molecule has 0 radical (unpaired) electrons. The van der Waals surface area contributed by atoms with E-state index in [2.05, 4.69) is 5.32 Å². The summed E-state index contributed by atoms with van der Waals surface area (Å²) in [6.45, 7) is 1.88. The molecule has 0 saturated heterocycles. The summed E-state index contributed by atoms with van der Waals surface area (Å²) in [7, 11) is 3.10. The lowest BCUT2D eigenvalue weighted by Crippen LogP contribution is -2.38. The monoisotopic (exact) mass is 447 g/mol. The minimum atomic E-state index is -0.751. The van der Waals surface area contributed by atoms with Crippen LogP contribution in [0.3, 0.4) is 0 Å². The lowest BCUT2D eigenvalue weighted by molar-refractivity contribution is -0.119. The molecule has 1 atom stereocenters. The molecule has 172 valence electrons. The van der Waals surface area contributed by atoms with E-state index in [1.807, 2.05) is 37.3 Å². The molecular weight excluding hydrogens is 418 g/mol. The maximum atomic E-state index is 13.4. The molecule has 0 spiro atoms. The molecular formula is C26H29N3O4. The number of hydrogen-bond donors (Lipinski definition) is 1. The molecule has 1 heterocycles. The predicted molar refractivity (Wildman–Crippen MR) is 128 cm³/mol. The number of rotatable bonds is 7. The highest BCUT2D eigenvalue weighted by atomic mass is 16.5. The van der Waals surface area contributed by atoms with Crippen molar-refractivity contribution in [1.82, 2.24) is 9.78 Å². The van der Waals surface area contributed by atoms with E-state index in [9.17, 15) is 9.59 Å². The quantitative estimate of drug-likeness (QED) is 0.581. The van der Waals surface area contributed by atoms with E-state index in [4.69, 9.17) is 14.6 Å². The minimum absolute atomic E-state index is 0.173. The molecule has 0 bridgehead atoms. The highest BCUT2D eigenvalue weighted by Gasteiger charge is 2.27. The third kappa shape index (κ3) is 4.49. The summed E-state index contributed by atoms with van der Waals surface area (Å²) in [5, 5.41) is 7.66. The second-order valence-corrected chi connectivity index (χ2v) is 8.11. The Bertz CT molecular complexity index is 1200. The Morgan fingerprint density at radius 2 is 1.79 bits per heavy atom. The number of benzene rings is 2. The number of amides is 1. The van der Waals surface area contributed by atoms with Crippen LogP contribution in [0.5, 0.6) is 11.5 Å². The van der Waals surface area contributed by atoms with E-state index in [1.54, 1.807) is 25.3 Å². The number of fused-ring (bicyclic) bond motifs is 1. The number of carbonyl (C=O) groups excluding carboxylic acids is 1. The summed E-state index contributed by atoms with van der Waals surface area (Å²) < 4.78 is 12.0. The number of nitrogens with zero attached hydrogens (tertiary/aromatic N) is 2. The molecule has 0 aliphatic heterocycles. The summed E-state index contributed by atoms with van der Waals surface area (Å²) in [6, 6.07) is 14.3. The van der Waals surface area contributed by atoms with Gasteiger partial charge in [-0.3, -0.25) is 9.59 Å². The van der Waals surface area contributed by atoms with Gasteiger partial charge in [0.25, 0.3) is 5.56 Å². The van der Waals surface area contributed by atoms with Gasteiger partial charge in [0, 0.05) is 17.2 Å². The maximum absolute atomic E-state index is 13.4. The van der Waals surface area contributed by atoms with Gasteiger partial charge in [0.1, 0.15) is 17.5 Å². The molecule has 0 saturated carbocycles.